The van der Waals surface area contributed by atoms with Gasteiger partial charge in [0, 0.05) is 0 Å². The van der Waals surface area contributed by atoms with Crippen LogP contribution in [0.1, 0.15) is 16.1 Å². The van der Waals surface area contributed by atoms with Gasteiger partial charge in [0.25, 0.3) is 0 Å². The number of carbonyl (C=O) groups is 1. The first kappa shape index (κ1) is 14.3. The van der Waals surface area contributed by atoms with E-state index in [0.717, 1.165) is 0 Å². The van der Waals surface area contributed by atoms with Crippen molar-refractivity contribution in [3.8, 4) is 0 Å². The molecule has 0 radical (unpaired) electrons. The molecule has 0 unspecified atom stereocenters. The van der Waals surface area contributed by atoms with Crippen molar-refractivity contribution >= 4 is 5.97 Å². The molecule has 0 saturated heterocycles. The molecule has 11 heteroatoms. The Labute approximate surface area is 93.0 Å². The fraction of sp³-hybridized carbons (Fsp3) is 0.429. The van der Waals surface area contributed by atoms with Gasteiger partial charge in [-0.2, -0.15) is 30.7 Å². The topological polar surface area (TPSA) is 63.3 Å². The number of carboxylic acid groups (broad SMARTS) is 1. The number of halogens is 7. The molecule has 0 bridgehead atoms. The highest BCUT2D eigenvalue weighted by molar-refractivity contribution is 5.88. The molecule has 0 spiro atoms. The predicted octanol–water partition coefficient (Wildman–Crippen LogP) is 2.66. The van der Waals surface area contributed by atoms with E-state index in [2.05, 4.69) is 9.68 Å². The molecule has 1 rings (SSSR count). The zero-order valence-corrected chi connectivity index (χ0v) is 7.93. The van der Waals surface area contributed by atoms with Gasteiger partial charge in [0.2, 0.25) is 5.76 Å². The van der Waals surface area contributed by atoms with Crippen molar-refractivity contribution in [2.24, 2.45) is 0 Å². The average Bonchev–Trinajstić information content (AvgIpc) is 2.63. The average molecular weight is 281 g/mol. The van der Waals surface area contributed by atoms with Gasteiger partial charge in [-0.3, -0.25) is 0 Å². The Morgan fingerprint density at radius 3 is 2.06 bits per heavy atom. The SMILES string of the molecule is O=C(O)c1cnoc1C(F)(F)C(F)(F)C(F)(F)F. The summed E-state index contributed by atoms with van der Waals surface area (Å²) in [5.41, 5.74) is -1.58. The summed E-state index contributed by atoms with van der Waals surface area (Å²) in [5.74, 6) is -16.9. The zero-order chi connectivity index (χ0) is 14.4. The monoisotopic (exact) mass is 281 g/mol. The van der Waals surface area contributed by atoms with Crippen molar-refractivity contribution in [3.05, 3.63) is 17.5 Å². The Hall–Kier alpha value is -1.81. The summed E-state index contributed by atoms with van der Waals surface area (Å²) in [7, 11) is 0. The first-order chi connectivity index (χ1) is 7.93. The molecule has 1 N–H and O–H groups in total. The summed E-state index contributed by atoms with van der Waals surface area (Å²) in [4.78, 5) is 10.3. The van der Waals surface area contributed by atoms with Crippen molar-refractivity contribution in [1.29, 1.82) is 0 Å². The number of carboxylic acids is 1. The standard InChI is InChI=1S/C7H2F7NO3/c8-5(9,6(10,11)7(12,13)14)3-2(4(16)17)1-15-18-3/h1H,(H,16,17). The maximum Gasteiger partial charge on any atom is 0.460 e. The van der Waals surface area contributed by atoms with Gasteiger partial charge >= 0.3 is 24.0 Å². The van der Waals surface area contributed by atoms with Crippen molar-refractivity contribution in [2.45, 2.75) is 18.0 Å². The second kappa shape index (κ2) is 3.85. The lowest BCUT2D eigenvalue weighted by Gasteiger charge is -2.26. The Bertz CT molecular complexity index is 464. The van der Waals surface area contributed by atoms with E-state index in [0.29, 0.717) is 0 Å². The minimum absolute atomic E-state index is 0.0953. The van der Waals surface area contributed by atoms with E-state index >= 15 is 0 Å². The molecule has 0 amide bonds. The Balaban J connectivity index is 3.38. The van der Waals surface area contributed by atoms with E-state index in [-0.39, 0.29) is 6.20 Å². The van der Waals surface area contributed by atoms with Gasteiger partial charge in [-0.05, 0) is 0 Å². The van der Waals surface area contributed by atoms with E-state index in [1.807, 2.05) is 0 Å². The molecule has 0 aliphatic carbocycles. The second-order valence-electron chi connectivity index (χ2n) is 3.02. The summed E-state index contributed by atoms with van der Waals surface area (Å²) in [6.07, 6.45) is -6.49. The lowest BCUT2D eigenvalue weighted by Crippen LogP contribution is -2.50. The van der Waals surface area contributed by atoms with Gasteiger partial charge in [0.1, 0.15) is 5.56 Å². The van der Waals surface area contributed by atoms with Crippen molar-refractivity contribution in [2.75, 3.05) is 0 Å². The van der Waals surface area contributed by atoms with Gasteiger partial charge in [0.15, 0.2) is 0 Å². The highest BCUT2D eigenvalue weighted by Crippen LogP contribution is 2.52. The van der Waals surface area contributed by atoms with Gasteiger partial charge in [0.05, 0.1) is 6.20 Å². The van der Waals surface area contributed by atoms with Gasteiger partial charge in [-0.25, -0.2) is 4.79 Å². The molecule has 1 aromatic heterocycles. The number of rotatable bonds is 3. The number of hydrogen-bond donors (Lipinski definition) is 1. The minimum atomic E-state index is -6.58. The van der Waals surface area contributed by atoms with Crippen LogP contribution in [0.3, 0.4) is 0 Å². The molecule has 1 heterocycles. The first-order valence-corrected chi connectivity index (χ1v) is 3.93. The molecule has 18 heavy (non-hydrogen) atoms. The Kier molecular flexibility index (Phi) is 3.05. The molecule has 102 valence electrons. The minimum Gasteiger partial charge on any atom is -0.478 e. The maximum absolute atomic E-state index is 13.0. The Morgan fingerprint density at radius 2 is 1.67 bits per heavy atom. The number of nitrogens with zero attached hydrogens (tertiary/aromatic N) is 1. The van der Waals surface area contributed by atoms with Gasteiger partial charge < -0.3 is 9.63 Å². The second-order valence-corrected chi connectivity index (χ2v) is 3.02. The number of aromatic nitrogens is 1. The zero-order valence-electron chi connectivity index (χ0n) is 7.93. The highest BCUT2D eigenvalue weighted by atomic mass is 19.4. The van der Waals surface area contributed by atoms with E-state index in [1.165, 1.54) is 0 Å². The van der Waals surface area contributed by atoms with E-state index in [1.54, 1.807) is 0 Å². The fourth-order valence-electron chi connectivity index (χ4n) is 0.939. The molecule has 0 atom stereocenters. The number of alkyl halides is 7. The van der Waals surface area contributed by atoms with Crippen LogP contribution in [0.25, 0.3) is 0 Å². The van der Waals surface area contributed by atoms with E-state index < -0.39 is 35.3 Å². The van der Waals surface area contributed by atoms with Gasteiger partial charge in [-0.1, -0.05) is 5.16 Å². The molecule has 1 aromatic rings. The highest BCUT2D eigenvalue weighted by Gasteiger charge is 2.75. The Morgan fingerprint density at radius 1 is 1.17 bits per heavy atom. The van der Waals surface area contributed by atoms with Gasteiger partial charge in [-0.15, -0.1) is 0 Å². The normalized spacial score (nSPS) is 13.7. The summed E-state index contributed by atoms with van der Waals surface area (Å²) < 4.78 is 90.1. The van der Waals surface area contributed by atoms with Crippen LogP contribution < -0.4 is 0 Å². The predicted molar refractivity (Wildman–Crippen MR) is 38.4 cm³/mol. The summed E-state index contributed by atoms with van der Waals surface area (Å²) in [6, 6.07) is 0. The van der Waals surface area contributed by atoms with Crippen molar-refractivity contribution < 1.29 is 45.2 Å². The van der Waals surface area contributed by atoms with Crippen LogP contribution >= 0.6 is 0 Å². The molecule has 0 fully saturated rings. The van der Waals surface area contributed by atoms with Crippen LogP contribution in [0.4, 0.5) is 30.7 Å². The molecule has 0 aliphatic rings. The van der Waals surface area contributed by atoms with Crippen LogP contribution in [0.2, 0.25) is 0 Å². The molecular formula is C7H2F7NO3. The van der Waals surface area contributed by atoms with E-state index in [4.69, 9.17) is 5.11 Å². The summed E-state index contributed by atoms with van der Waals surface area (Å²) in [5, 5.41) is 10.8. The summed E-state index contributed by atoms with van der Waals surface area (Å²) in [6.45, 7) is 0. The quantitative estimate of drug-likeness (QED) is 0.865. The largest absolute Gasteiger partial charge is 0.478 e. The van der Waals surface area contributed by atoms with Crippen LogP contribution in [0.15, 0.2) is 10.7 Å². The maximum atomic E-state index is 13.0. The fourth-order valence-corrected chi connectivity index (χ4v) is 0.939. The third kappa shape index (κ3) is 1.88. The molecular weight excluding hydrogens is 279 g/mol. The molecule has 0 aliphatic heterocycles. The van der Waals surface area contributed by atoms with Crippen molar-refractivity contribution in [1.82, 2.24) is 5.16 Å². The number of aromatic carboxylic acids is 1. The van der Waals surface area contributed by atoms with Crippen LogP contribution in [0, 0.1) is 0 Å². The van der Waals surface area contributed by atoms with Crippen LogP contribution in [0.5, 0.6) is 0 Å². The molecule has 4 nitrogen and oxygen atoms in total. The lowest BCUT2D eigenvalue weighted by atomic mass is 10.1. The lowest BCUT2D eigenvalue weighted by molar-refractivity contribution is -0.363. The van der Waals surface area contributed by atoms with Crippen LogP contribution in [-0.4, -0.2) is 28.3 Å². The third-order valence-corrected chi connectivity index (χ3v) is 1.84. The van der Waals surface area contributed by atoms with E-state index in [9.17, 15) is 35.5 Å². The van der Waals surface area contributed by atoms with Crippen LogP contribution in [-0.2, 0) is 5.92 Å². The molecule has 0 saturated carbocycles. The first-order valence-electron chi connectivity index (χ1n) is 3.93. The third-order valence-electron chi connectivity index (χ3n) is 1.84. The van der Waals surface area contributed by atoms with Crippen molar-refractivity contribution in [3.63, 3.8) is 0 Å². The summed E-state index contributed by atoms with van der Waals surface area (Å²) >= 11 is 0. The number of hydrogen-bond acceptors (Lipinski definition) is 3. The molecule has 0 aromatic carbocycles. The smallest absolute Gasteiger partial charge is 0.460 e.